The van der Waals surface area contributed by atoms with Crippen molar-refractivity contribution in [3.05, 3.63) is 72.1 Å². The number of methoxy groups -OCH3 is 1. The Labute approximate surface area is 191 Å². The summed E-state index contributed by atoms with van der Waals surface area (Å²) in [4.78, 5) is 28.8. The zero-order chi connectivity index (χ0) is 22.3. The number of carbonyl (C=O) groups is 2. The average Bonchev–Trinajstić information content (AvgIpc) is 3.38. The Morgan fingerprint density at radius 1 is 1.09 bits per heavy atom. The van der Waals surface area contributed by atoms with Gasteiger partial charge in [0.15, 0.2) is 5.69 Å². The molecule has 0 spiro atoms. The number of hydrogen-bond donors (Lipinski definition) is 1. The lowest BCUT2D eigenvalue weighted by molar-refractivity contribution is -0.123. The van der Waals surface area contributed by atoms with E-state index >= 15 is 0 Å². The van der Waals surface area contributed by atoms with E-state index in [1.54, 1.807) is 31.4 Å². The van der Waals surface area contributed by atoms with Gasteiger partial charge in [0.05, 0.1) is 25.0 Å². The second kappa shape index (κ2) is 10.4. The minimum atomic E-state index is -0.862. The topological polar surface area (TPSA) is 84.4 Å². The molecule has 0 aliphatic heterocycles. The summed E-state index contributed by atoms with van der Waals surface area (Å²) in [6.07, 6.45) is 6.74. The molecule has 2 amide bonds. The van der Waals surface area contributed by atoms with Crippen molar-refractivity contribution in [2.75, 3.05) is 12.0 Å². The molecule has 1 saturated carbocycles. The van der Waals surface area contributed by atoms with Gasteiger partial charge in [0.2, 0.25) is 5.91 Å². The molecule has 1 heterocycles. The van der Waals surface area contributed by atoms with E-state index in [2.05, 4.69) is 14.1 Å². The van der Waals surface area contributed by atoms with Crippen LogP contribution in [0.3, 0.4) is 0 Å². The summed E-state index contributed by atoms with van der Waals surface area (Å²) in [5.41, 5.74) is 1.47. The van der Waals surface area contributed by atoms with E-state index in [0.717, 1.165) is 43.0 Å². The van der Waals surface area contributed by atoms with Crippen LogP contribution in [0.4, 0.5) is 5.69 Å². The van der Waals surface area contributed by atoms with Gasteiger partial charge in [-0.2, -0.15) is 8.75 Å². The SMILES string of the molecule is COc1cccc(N(C(=O)c2cnsn2)C(C(=O)NC2CCCCC2)c2ccccc2)c1. The van der Waals surface area contributed by atoms with Crippen LogP contribution >= 0.6 is 11.7 Å². The summed E-state index contributed by atoms with van der Waals surface area (Å²) in [5.74, 6) is -0.00156. The van der Waals surface area contributed by atoms with E-state index in [1.807, 2.05) is 30.3 Å². The Morgan fingerprint density at radius 2 is 1.88 bits per heavy atom. The molecule has 4 rings (SSSR count). The highest BCUT2D eigenvalue weighted by Gasteiger charge is 2.35. The maximum Gasteiger partial charge on any atom is 0.280 e. The fourth-order valence-corrected chi connectivity index (χ4v) is 4.51. The fourth-order valence-electron chi connectivity index (χ4n) is 4.11. The number of rotatable bonds is 7. The van der Waals surface area contributed by atoms with Crippen LogP contribution in [0.5, 0.6) is 5.75 Å². The first-order valence-corrected chi connectivity index (χ1v) is 11.5. The van der Waals surface area contributed by atoms with E-state index in [4.69, 9.17) is 4.74 Å². The molecule has 1 aromatic heterocycles. The van der Waals surface area contributed by atoms with Gasteiger partial charge in [-0.3, -0.25) is 14.5 Å². The molecule has 166 valence electrons. The number of anilines is 1. The molecule has 0 radical (unpaired) electrons. The fraction of sp³-hybridized carbons (Fsp3) is 0.333. The van der Waals surface area contributed by atoms with Gasteiger partial charge in [0.1, 0.15) is 11.8 Å². The van der Waals surface area contributed by atoms with Crippen LogP contribution in [0.2, 0.25) is 0 Å². The number of hydrogen-bond acceptors (Lipinski definition) is 6. The molecule has 1 aliphatic rings. The summed E-state index contributed by atoms with van der Waals surface area (Å²) >= 11 is 0.960. The third-order valence-corrected chi connectivity index (χ3v) is 6.18. The molecule has 1 unspecified atom stereocenters. The molecule has 1 atom stereocenters. The van der Waals surface area contributed by atoms with E-state index in [1.165, 1.54) is 17.5 Å². The summed E-state index contributed by atoms with van der Waals surface area (Å²) in [7, 11) is 1.57. The Morgan fingerprint density at radius 3 is 2.56 bits per heavy atom. The largest absolute Gasteiger partial charge is 0.497 e. The van der Waals surface area contributed by atoms with Crippen LogP contribution in [0.15, 0.2) is 60.8 Å². The lowest BCUT2D eigenvalue weighted by atomic mass is 9.94. The first-order chi connectivity index (χ1) is 15.7. The first-order valence-electron chi connectivity index (χ1n) is 10.8. The van der Waals surface area contributed by atoms with E-state index < -0.39 is 6.04 Å². The molecule has 3 aromatic rings. The minimum absolute atomic E-state index is 0.116. The Hall–Kier alpha value is -3.26. The maximum atomic E-state index is 13.7. The highest BCUT2D eigenvalue weighted by Crippen LogP contribution is 2.32. The Balaban J connectivity index is 1.78. The van der Waals surface area contributed by atoms with Crippen molar-refractivity contribution in [1.29, 1.82) is 0 Å². The van der Waals surface area contributed by atoms with Gasteiger partial charge in [0.25, 0.3) is 5.91 Å². The van der Waals surface area contributed by atoms with Crippen LogP contribution in [0, 0.1) is 0 Å². The molecule has 0 bridgehead atoms. The molecule has 0 saturated heterocycles. The maximum absolute atomic E-state index is 13.7. The highest BCUT2D eigenvalue weighted by atomic mass is 32.1. The monoisotopic (exact) mass is 450 g/mol. The summed E-state index contributed by atoms with van der Waals surface area (Å²) in [6, 6.07) is 15.8. The molecular weight excluding hydrogens is 424 g/mol. The number of aromatic nitrogens is 2. The summed E-state index contributed by atoms with van der Waals surface area (Å²) in [5, 5.41) is 3.20. The smallest absolute Gasteiger partial charge is 0.280 e. The summed E-state index contributed by atoms with van der Waals surface area (Å²) < 4.78 is 13.5. The molecule has 32 heavy (non-hydrogen) atoms. The van der Waals surface area contributed by atoms with Crippen molar-refractivity contribution < 1.29 is 14.3 Å². The van der Waals surface area contributed by atoms with Crippen molar-refractivity contribution in [1.82, 2.24) is 14.1 Å². The molecule has 1 N–H and O–H groups in total. The number of nitrogens with zero attached hydrogens (tertiary/aromatic N) is 3. The molecule has 7 nitrogen and oxygen atoms in total. The second-order valence-corrected chi connectivity index (χ2v) is 8.38. The second-order valence-electron chi connectivity index (χ2n) is 7.83. The molecule has 8 heteroatoms. The van der Waals surface area contributed by atoms with E-state index in [9.17, 15) is 9.59 Å². The Kier molecular flexibility index (Phi) is 7.11. The minimum Gasteiger partial charge on any atom is -0.497 e. The molecule has 1 fully saturated rings. The number of amides is 2. The van der Waals surface area contributed by atoms with Crippen LogP contribution in [-0.2, 0) is 4.79 Å². The van der Waals surface area contributed by atoms with E-state index in [0.29, 0.717) is 11.4 Å². The molecular formula is C24H26N4O3S. The zero-order valence-corrected chi connectivity index (χ0v) is 18.8. The van der Waals surface area contributed by atoms with Crippen molar-refractivity contribution in [2.24, 2.45) is 0 Å². The van der Waals surface area contributed by atoms with Gasteiger partial charge in [0, 0.05) is 17.8 Å². The van der Waals surface area contributed by atoms with Gasteiger partial charge in [-0.25, -0.2) is 0 Å². The van der Waals surface area contributed by atoms with Crippen LogP contribution in [-0.4, -0.2) is 33.7 Å². The zero-order valence-electron chi connectivity index (χ0n) is 17.9. The van der Waals surface area contributed by atoms with Crippen molar-refractivity contribution >= 4 is 29.2 Å². The predicted octanol–water partition coefficient (Wildman–Crippen LogP) is 4.38. The number of carbonyl (C=O) groups excluding carboxylic acids is 2. The molecule has 2 aromatic carbocycles. The van der Waals surface area contributed by atoms with Crippen molar-refractivity contribution in [3.63, 3.8) is 0 Å². The lowest BCUT2D eigenvalue weighted by Gasteiger charge is -2.33. The molecule has 1 aliphatic carbocycles. The van der Waals surface area contributed by atoms with Crippen LogP contribution in [0.25, 0.3) is 0 Å². The standard InChI is InChI=1S/C24H26N4O3S/c1-31-20-14-8-13-19(15-20)28(24(30)21-16-25-32-27-21)22(17-9-4-2-5-10-17)23(29)26-18-11-6-3-7-12-18/h2,4-5,8-10,13-16,18,22H,3,6-7,11-12H2,1H3,(H,26,29). The van der Waals surface area contributed by atoms with Crippen LogP contribution in [0.1, 0.15) is 54.2 Å². The quantitative estimate of drug-likeness (QED) is 0.577. The lowest BCUT2D eigenvalue weighted by Crippen LogP contribution is -2.47. The number of nitrogens with one attached hydrogen (secondary N) is 1. The van der Waals surface area contributed by atoms with Crippen molar-refractivity contribution in [2.45, 2.75) is 44.2 Å². The van der Waals surface area contributed by atoms with Gasteiger partial charge in [-0.15, -0.1) is 0 Å². The van der Waals surface area contributed by atoms with Crippen LogP contribution < -0.4 is 15.0 Å². The normalized spacial score (nSPS) is 15.0. The third-order valence-electron chi connectivity index (χ3n) is 5.70. The van der Waals surface area contributed by atoms with Gasteiger partial charge < -0.3 is 10.1 Å². The third kappa shape index (κ3) is 4.96. The predicted molar refractivity (Wildman–Crippen MR) is 124 cm³/mol. The Bertz CT molecular complexity index is 1040. The number of ether oxygens (including phenoxy) is 1. The first kappa shape index (κ1) is 22.0. The van der Waals surface area contributed by atoms with Gasteiger partial charge >= 0.3 is 0 Å². The van der Waals surface area contributed by atoms with Crippen molar-refractivity contribution in [3.8, 4) is 5.75 Å². The average molecular weight is 451 g/mol. The highest BCUT2D eigenvalue weighted by molar-refractivity contribution is 6.99. The summed E-state index contributed by atoms with van der Waals surface area (Å²) in [6.45, 7) is 0. The van der Waals surface area contributed by atoms with Gasteiger partial charge in [-0.05, 0) is 30.5 Å². The van der Waals surface area contributed by atoms with E-state index in [-0.39, 0.29) is 23.6 Å². The number of benzene rings is 2. The van der Waals surface area contributed by atoms with Gasteiger partial charge in [-0.1, -0.05) is 55.7 Å².